The Bertz CT molecular complexity index is 1100. The summed E-state index contributed by atoms with van der Waals surface area (Å²) < 4.78 is 73.3. The monoisotopic (exact) mass is 476 g/mol. The molecule has 1 aliphatic heterocycles. The van der Waals surface area contributed by atoms with E-state index in [1.807, 2.05) is 0 Å². The van der Waals surface area contributed by atoms with E-state index < -0.39 is 45.0 Å². The van der Waals surface area contributed by atoms with Crippen molar-refractivity contribution in [3.05, 3.63) is 52.8 Å². The van der Waals surface area contributed by atoms with Crippen LogP contribution in [0.25, 0.3) is 0 Å². The maximum absolute atomic E-state index is 13.9. The Balaban J connectivity index is 1.81. The largest absolute Gasteiger partial charge is 0.492 e. The number of halogens is 4. The second kappa shape index (κ2) is 9.46. The van der Waals surface area contributed by atoms with Crippen molar-refractivity contribution in [1.82, 2.24) is 4.31 Å². The van der Waals surface area contributed by atoms with Crippen LogP contribution in [0.2, 0.25) is 5.02 Å². The van der Waals surface area contributed by atoms with Gasteiger partial charge in [-0.3, -0.25) is 4.79 Å². The van der Waals surface area contributed by atoms with Crippen LogP contribution >= 0.6 is 11.6 Å². The minimum absolute atomic E-state index is 0.116. The van der Waals surface area contributed by atoms with Crippen molar-refractivity contribution >= 4 is 33.2 Å². The summed E-state index contributed by atoms with van der Waals surface area (Å²) in [6, 6.07) is 5.85. The van der Waals surface area contributed by atoms with Gasteiger partial charge in [0.2, 0.25) is 15.9 Å². The molecule has 1 aliphatic rings. The van der Waals surface area contributed by atoms with Gasteiger partial charge in [0.25, 0.3) is 0 Å². The Hall–Kier alpha value is -2.30. The highest BCUT2D eigenvalue weighted by Gasteiger charge is 2.35. The molecular weight excluding hydrogens is 457 g/mol. The standard InChI is InChI=1S/C20H20ClF3N2O4S/c1-2-30-16-8-5-13(21)10-17(16)31(28,29)26-9-3-4-12(11-26)20(27)25-15-7-6-14(22)18(23)19(15)24/h5-8,10,12H,2-4,9,11H2,1H3,(H,25,27)/t12-/m0/s1. The number of carbonyl (C=O) groups excluding carboxylic acids is 1. The van der Waals surface area contributed by atoms with Gasteiger partial charge in [0.1, 0.15) is 10.6 Å². The topological polar surface area (TPSA) is 75.7 Å². The molecule has 2 aromatic carbocycles. The number of piperidine rings is 1. The number of sulfonamides is 1. The third-order valence-electron chi connectivity index (χ3n) is 4.87. The molecule has 0 radical (unpaired) electrons. The fourth-order valence-electron chi connectivity index (χ4n) is 3.33. The van der Waals surface area contributed by atoms with Gasteiger partial charge < -0.3 is 10.1 Å². The molecule has 2 aromatic rings. The number of hydrogen-bond donors (Lipinski definition) is 1. The fraction of sp³-hybridized carbons (Fsp3) is 0.350. The minimum atomic E-state index is -4.04. The molecule has 0 bridgehead atoms. The first-order valence-electron chi connectivity index (χ1n) is 9.52. The summed E-state index contributed by atoms with van der Waals surface area (Å²) in [5, 5.41) is 2.42. The van der Waals surface area contributed by atoms with Gasteiger partial charge in [-0.15, -0.1) is 0 Å². The Kier molecular flexibility index (Phi) is 7.13. The predicted octanol–water partition coefficient (Wildman–Crippen LogP) is 4.20. The van der Waals surface area contributed by atoms with Crippen molar-refractivity contribution in [2.75, 3.05) is 25.0 Å². The van der Waals surface area contributed by atoms with Gasteiger partial charge in [-0.2, -0.15) is 4.31 Å². The highest BCUT2D eigenvalue weighted by molar-refractivity contribution is 7.89. The van der Waals surface area contributed by atoms with E-state index in [2.05, 4.69) is 5.32 Å². The zero-order valence-electron chi connectivity index (χ0n) is 16.5. The number of benzene rings is 2. The van der Waals surface area contributed by atoms with Crippen molar-refractivity contribution in [3.8, 4) is 5.75 Å². The molecule has 11 heteroatoms. The molecule has 1 heterocycles. The molecule has 168 valence electrons. The molecule has 6 nitrogen and oxygen atoms in total. The minimum Gasteiger partial charge on any atom is -0.492 e. The molecule has 1 saturated heterocycles. The molecule has 0 aromatic heterocycles. The first-order chi connectivity index (χ1) is 14.6. The average molecular weight is 477 g/mol. The molecule has 0 spiro atoms. The molecule has 1 amide bonds. The maximum atomic E-state index is 13.9. The number of rotatable bonds is 6. The summed E-state index contributed by atoms with van der Waals surface area (Å²) in [4.78, 5) is 12.5. The van der Waals surface area contributed by atoms with Crippen LogP contribution in [0.3, 0.4) is 0 Å². The molecule has 1 fully saturated rings. The van der Waals surface area contributed by atoms with Crippen LogP contribution < -0.4 is 10.1 Å². The summed E-state index contributed by atoms with van der Waals surface area (Å²) in [6.07, 6.45) is 0.721. The van der Waals surface area contributed by atoms with E-state index in [0.29, 0.717) is 18.9 Å². The van der Waals surface area contributed by atoms with Gasteiger partial charge in [-0.1, -0.05) is 11.6 Å². The number of carbonyl (C=O) groups is 1. The number of anilines is 1. The van der Waals surface area contributed by atoms with E-state index in [0.717, 1.165) is 10.4 Å². The van der Waals surface area contributed by atoms with E-state index in [9.17, 15) is 26.4 Å². The molecule has 0 saturated carbocycles. The lowest BCUT2D eigenvalue weighted by Gasteiger charge is -2.31. The van der Waals surface area contributed by atoms with Crippen molar-refractivity contribution in [1.29, 1.82) is 0 Å². The average Bonchev–Trinajstić information content (AvgIpc) is 2.75. The fourth-order valence-corrected chi connectivity index (χ4v) is 5.25. The van der Waals surface area contributed by atoms with Gasteiger partial charge in [-0.05, 0) is 50.1 Å². The predicted molar refractivity (Wildman–Crippen MR) is 109 cm³/mol. The van der Waals surface area contributed by atoms with Gasteiger partial charge >= 0.3 is 0 Å². The van der Waals surface area contributed by atoms with Crippen LogP contribution in [0.1, 0.15) is 19.8 Å². The van der Waals surface area contributed by atoms with E-state index in [1.165, 1.54) is 18.2 Å². The number of nitrogens with one attached hydrogen (secondary N) is 1. The van der Waals surface area contributed by atoms with E-state index >= 15 is 0 Å². The normalized spacial score (nSPS) is 17.4. The van der Waals surface area contributed by atoms with Crippen LogP contribution in [0.5, 0.6) is 5.75 Å². The van der Waals surface area contributed by atoms with E-state index in [1.54, 1.807) is 6.92 Å². The number of amides is 1. The second-order valence-corrected chi connectivity index (χ2v) is 9.28. The summed E-state index contributed by atoms with van der Waals surface area (Å²) in [5.41, 5.74) is -0.516. The van der Waals surface area contributed by atoms with Gasteiger partial charge in [0, 0.05) is 18.1 Å². The molecule has 31 heavy (non-hydrogen) atoms. The summed E-state index contributed by atoms with van der Waals surface area (Å²) in [7, 11) is -4.04. The molecular formula is C20H20ClF3N2O4S. The van der Waals surface area contributed by atoms with Gasteiger partial charge in [0.05, 0.1) is 18.2 Å². The summed E-state index contributed by atoms with van der Waals surface area (Å²) in [5.74, 6) is -5.96. The third kappa shape index (κ3) is 4.97. The number of nitrogens with zero attached hydrogens (tertiary/aromatic N) is 1. The van der Waals surface area contributed by atoms with Crippen molar-refractivity contribution in [2.24, 2.45) is 5.92 Å². The van der Waals surface area contributed by atoms with Gasteiger partial charge in [0.15, 0.2) is 17.5 Å². The van der Waals surface area contributed by atoms with Crippen LogP contribution in [0.15, 0.2) is 35.2 Å². The highest BCUT2D eigenvalue weighted by Crippen LogP contribution is 2.32. The lowest BCUT2D eigenvalue weighted by atomic mass is 9.98. The van der Waals surface area contributed by atoms with Crippen molar-refractivity contribution in [3.63, 3.8) is 0 Å². The van der Waals surface area contributed by atoms with Crippen LogP contribution in [-0.2, 0) is 14.8 Å². The zero-order chi connectivity index (χ0) is 22.8. The van der Waals surface area contributed by atoms with Crippen LogP contribution in [0.4, 0.5) is 18.9 Å². The smallest absolute Gasteiger partial charge is 0.246 e. The Labute approximate surface area is 183 Å². The van der Waals surface area contributed by atoms with Crippen LogP contribution in [0, 0.1) is 23.4 Å². The molecule has 3 rings (SSSR count). The van der Waals surface area contributed by atoms with Crippen LogP contribution in [-0.4, -0.2) is 38.3 Å². The van der Waals surface area contributed by atoms with Gasteiger partial charge in [-0.25, -0.2) is 21.6 Å². The second-order valence-electron chi connectivity index (χ2n) is 6.94. The van der Waals surface area contributed by atoms with E-state index in [-0.39, 0.29) is 35.4 Å². The Morgan fingerprint density at radius 3 is 2.68 bits per heavy atom. The number of ether oxygens (including phenoxy) is 1. The lowest BCUT2D eigenvalue weighted by molar-refractivity contribution is -0.120. The molecule has 1 N–H and O–H groups in total. The maximum Gasteiger partial charge on any atom is 0.246 e. The molecule has 0 aliphatic carbocycles. The Morgan fingerprint density at radius 2 is 1.97 bits per heavy atom. The highest BCUT2D eigenvalue weighted by atomic mass is 35.5. The summed E-state index contributed by atoms with van der Waals surface area (Å²) >= 11 is 5.97. The Morgan fingerprint density at radius 1 is 1.23 bits per heavy atom. The lowest BCUT2D eigenvalue weighted by Crippen LogP contribution is -2.43. The van der Waals surface area contributed by atoms with Crippen molar-refractivity contribution < 1.29 is 31.1 Å². The quantitative estimate of drug-likeness (QED) is 0.634. The number of hydrogen-bond acceptors (Lipinski definition) is 4. The zero-order valence-corrected chi connectivity index (χ0v) is 18.1. The van der Waals surface area contributed by atoms with E-state index in [4.69, 9.17) is 16.3 Å². The summed E-state index contributed by atoms with van der Waals surface area (Å²) in [6.45, 7) is 1.96. The first-order valence-corrected chi connectivity index (χ1v) is 11.3. The first kappa shape index (κ1) is 23.4. The third-order valence-corrected chi connectivity index (χ3v) is 6.99. The SMILES string of the molecule is CCOc1ccc(Cl)cc1S(=O)(=O)N1CCC[C@H](C(=O)Nc2ccc(F)c(F)c2F)C1. The van der Waals surface area contributed by atoms with Crippen molar-refractivity contribution in [2.45, 2.75) is 24.7 Å². The molecule has 0 unspecified atom stereocenters. The molecule has 1 atom stereocenters.